The Bertz CT molecular complexity index is 162. The van der Waals surface area contributed by atoms with E-state index in [0.29, 0.717) is 5.92 Å². The first-order valence-corrected chi connectivity index (χ1v) is 7.81. The predicted molar refractivity (Wildman–Crippen MR) is 68.5 cm³/mol. The first-order valence-electron chi connectivity index (χ1n) is 5.88. The van der Waals surface area contributed by atoms with Gasteiger partial charge in [-0.1, -0.05) is 13.8 Å². The number of nitrogens with one attached hydrogen (secondary N) is 1. The number of hydrogen-bond acceptors (Lipinski definition) is 4. The molecule has 1 saturated heterocycles. The van der Waals surface area contributed by atoms with Gasteiger partial charge in [0.05, 0.1) is 0 Å². The Kier molecular flexibility index (Phi) is 8.22. The highest BCUT2D eigenvalue weighted by atomic mass is 28.4. The zero-order chi connectivity index (χ0) is 12.6. The van der Waals surface area contributed by atoms with Gasteiger partial charge in [0.25, 0.3) is 0 Å². The average molecular weight is 249 g/mol. The summed E-state index contributed by atoms with van der Waals surface area (Å²) in [5.41, 5.74) is 0. The Morgan fingerprint density at radius 1 is 1.19 bits per heavy atom. The van der Waals surface area contributed by atoms with E-state index in [1.54, 1.807) is 21.3 Å². The summed E-state index contributed by atoms with van der Waals surface area (Å²) >= 11 is 0. The van der Waals surface area contributed by atoms with Gasteiger partial charge in [-0.3, -0.25) is 0 Å². The van der Waals surface area contributed by atoms with Crippen LogP contribution in [0.3, 0.4) is 0 Å². The highest BCUT2D eigenvalue weighted by molar-refractivity contribution is 6.60. The lowest BCUT2D eigenvalue weighted by molar-refractivity contribution is 0.119. The number of rotatable bonds is 5. The molecular formula is C11H27NO3Si. The Morgan fingerprint density at radius 2 is 1.56 bits per heavy atom. The molecule has 1 aliphatic rings. The third-order valence-corrected chi connectivity index (χ3v) is 5.84. The molecule has 5 heteroatoms. The molecule has 0 aromatic heterocycles. The van der Waals surface area contributed by atoms with Crippen LogP contribution >= 0.6 is 0 Å². The van der Waals surface area contributed by atoms with Crippen LogP contribution in [0.15, 0.2) is 0 Å². The SMILES string of the molecule is CC1CCN1.CO[Si](CC(C)C)(OC)OC. The molecule has 0 aromatic carbocycles. The fourth-order valence-corrected chi connectivity index (χ4v) is 3.43. The largest absolute Gasteiger partial charge is 0.500 e. The van der Waals surface area contributed by atoms with Crippen LogP contribution in [0.5, 0.6) is 0 Å². The minimum Gasteiger partial charge on any atom is -0.377 e. The molecule has 1 atom stereocenters. The molecule has 4 nitrogen and oxygen atoms in total. The summed E-state index contributed by atoms with van der Waals surface area (Å²) < 4.78 is 15.7. The smallest absolute Gasteiger partial charge is 0.377 e. The molecule has 0 aliphatic carbocycles. The highest BCUT2D eigenvalue weighted by Gasteiger charge is 2.38. The van der Waals surface area contributed by atoms with Gasteiger partial charge >= 0.3 is 8.80 Å². The average Bonchev–Trinajstić information content (AvgIpc) is 2.24. The van der Waals surface area contributed by atoms with Gasteiger partial charge in [0.2, 0.25) is 0 Å². The van der Waals surface area contributed by atoms with Crippen LogP contribution in [0.4, 0.5) is 0 Å². The van der Waals surface area contributed by atoms with Crippen molar-refractivity contribution in [1.29, 1.82) is 0 Å². The van der Waals surface area contributed by atoms with E-state index in [4.69, 9.17) is 13.3 Å². The van der Waals surface area contributed by atoms with Gasteiger partial charge in [0.15, 0.2) is 0 Å². The molecule has 0 spiro atoms. The van der Waals surface area contributed by atoms with Gasteiger partial charge in [0.1, 0.15) is 0 Å². The summed E-state index contributed by atoms with van der Waals surface area (Å²) in [5.74, 6) is 0.543. The second-order valence-electron chi connectivity index (χ2n) is 4.54. The molecule has 1 rings (SSSR count). The van der Waals surface area contributed by atoms with Crippen LogP contribution < -0.4 is 5.32 Å². The monoisotopic (exact) mass is 249 g/mol. The van der Waals surface area contributed by atoms with Crippen LogP contribution in [0.2, 0.25) is 6.04 Å². The van der Waals surface area contributed by atoms with Crippen molar-refractivity contribution in [1.82, 2.24) is 5.32 Å². The Hall–Kier alpha value is 0.0569. The van der Waals surface area contributed by atoms with Crippen molar-refractivity contribution in [2.45, 2.75) is 39.3 Å². The van der Waals surface area contributed by atoms with E-state index in [1.165, 1.54) is 13.0 Å². The van der Waals surface area contributed by atoms with Crippen molar-refractivity contribution in [2.75, 3.05) is 27.9 Å². The van der Waals surface area contributed by atoms with Gasteiger partial charge in [-0.15, -0.1) is 0 Å². The summed E-state index contributed by atoms with van der Waals surface area (Å²) in [4.78, 5) is 0. The normalized spacial score (nSPS) is 20.1. The summed E-state index contributed by atoms with van der Waals surface area (Å²) in [5, 5.41) is 3.21. The Morgan fingerprint density at radius 3 is 1.62 bits per heavy atom. The van der Waals surface area contributed by atoms with E-state index >= 15 is 0 Å². The highest BCUT2D eigenvalue weighted by Crippen LogP contribution is 2.18. The van der Waals surface area contributed by atoms with Gasteiger partial charge in [-0.25, -0.2) is 0 Å². The molecule has 0 saturated carbocycles. The molecule has 0 radical (unpaired) electrons. The lowest BCUT2D eigenvalue weighted by atomic mass is 10.1. The van der Waals surface area contributed by atoms with E-state index in [0.717, 1.165) is 12.1 Å². The molecular weight excluding hydrogens is 222 g/mol. The standard InChI is InChI=1S/C7H18O3Si.C4H9N/c1-7(2)6-11(8-3,9-4)10-5;1-4-2-3-5-4/h7H,6H2,1-5H3;4-5H,2-3H2,1H3. The van der Waals surface area contributed by atoms with E-state index < -0.39 is 8.80 Å². The maximum Gasteiger partial charge on any atom is 0.500 e. The van der Waals surface area contributed by atoms with E-state index in [2.05, 4.69) is 26.1 Å². The zero-order valence-electron chi connectivity index (χ0n) is 11.5. The maximum absolute atomic E-state index is 5.24. The van der Waals surface area contributed by atoms with E-state index in [1.807, 2.05) is 0 Å². The lowest BCUT2D eigenvalue weighted by Crippen LogP contribution is -2.43. The van der Waals surface area contributed by atoms with Crippen molar-refractivity contribution < 1.29 is 13.3 Å². The van der Waals surface area contributed by atoms with Crippen LogP contribution in [-0.4, -0.2) is 42.7 Å². The van der Waals surface area contributed by atoms with Crippen molar-refractivity contribution >= 4 is 8.80 Å². The first kappa shape index (κ1) is 16.1. The summed E-state index contributed by atoms with van der Waals surface area (Å²) in [7, 11) is 2.64. The van der Waals surface area contributed by atoms with Crippen LogP contribution in [0, 0.1) is 5.92 Å². The van der Waals surface area contributed by atoms with Gasteiger partial charge in [-0.2, -0.15) is 0 Å². The van der Waals surface area contributed by atoms with Gasteiger partial charge < -0.3 is 18.6 Å². The molecule has 98 valence electrons. The Labute approximate surface area is 101 Å². The van der Waals surface area contributed by atoms with E-state index in [9.17, 15) is 0 Å². The quantitative estimate of drug-likeness (QED) is 0.755. The zero-order valence-corrected chi connectivity index (χ0v) is 12.5. The molecule has 1 unspecified atom stereocenters. The van der Waals surface area contributed by atoms with Crippen LogP contribution in [0.1, 0.15) is 27.2 Å². The van der Waals surface area contributed by atoms with Crippen molar-refractivity contribution in [3.63, 3.8) is 0 Å². The predicted octanol–water partition coefficient (Wildman–Crippen LogP) is 1.89. The molecule has 0 amide bonds. The minimum absolute atomic E-state index is 0.543. The molecule has 16 heavy (non-hydrogen) atoms. The second kappa shape index (κ2) is 8.19. The third-order valence-electron chi connectivity index (χ3n) is 2.66. The molecule has 1 fully saturated rings. The molecule has 0 bridgehead atoms. The molecule has 1 heterocycles. The van der Waals surface area contributed by atoms with Crippen LogP contribution in [0.25, 0.3) is 0 Å². The maximum atomic E-state index is 5.24. The fourth-order valence-electron chi connectivity index (χ4n) is 1.43. The molecule has 1 aliphatic heterocycles. The van der Waals surface area contributed by atoms with Crippen LogP contribution in [-0.2, 0) is 13.3 Å². The minimum atomic E-state index is -2.28. The number of hydrogen-bond donors (Lipinski definition) is 1. The van der Waals surface area contributed by atoms with Crippen molar-refractivity contribution in [3.05, 3.63) is 0 Å². The second-order valence-corrected chi connectivity index (χ2v) is 7.54. The van der Waals surface area contributed by atoms with Crippen molar-refractivity contribution in [2.24, 2.45) is 5.92 Å². The lowest BCUT2D eigenvalue weighted by Gasteiger charge is -2.25. The summed E-state index contributed by atoms with van der Waals surface area (Å²) in [6, 6.07) is 1.69. The fraction of sp³-hybridized carbons (Fsp3) is 1.00. The topological polar surface area (TPSA) is 39.7 Å². The summed E-state index contributed by atoms with van der Waals surface area (Å²) in [6.45, 7) is 7.68. The van der Waals surface area contributed by atoms with Gasteiger partial charge in [-0.05, 0) is 25.8 Å². The Balaban J connectivity index is 0.000000368. The van der Waals surface area contributed by atoms with Gasteiger partial charge in [0, 0.05) is 33.4 Å². The van der Waals surface area contributed by atoms with Crippen molar-refractivity contribution in [3.8, 4) is 0 Å². The third kappa shape index (κ3) is 5.96. The first-order chi connectivity index (χ1) is 7.49. The molecule has 1 N–H and O–H groups in total. The molecule has 0 aromatic rings. The summed E-state index contributed by atoms with van der Waals surface area (Å²) in [6.07, 6.45) is 1.38. The van der Waals surface area contributed by atoms with E-state index in [-0.39, 0.29) is 0 Å².